The molecule has 1 unspecified atom stereocenters. The van der Waals surface area contributed by atoms with Gasteiger partial charge >= 0.3 is 0 Å². The van der Waals surface area contributed by atoms with Gasteiger partial charge in [-0.15, -0.1) is 0 Å². The molecule has 1 atom stereocenters. The first-order valence-corrected chi connectivity index (χ1v) is 6.75. The highest BCUT2D eigenvalue weighted by Gasteiger charge is 2.50. The number of benzene rings is 1. The molecule has 0 N–H and O–H groups in total. The highest BCUT2D eigenvalue weighted by atomic mass is 16.5. The molecular formula is C17H18O4. The molecule has 0 saturated heterocycles. The molecule has 0 aromatic heterocycles. The van der Waals surface area contributed by atoms with Crippen LogP contribution >= 0.6 is 0 Å². The average Bonchev–Trinajstić information content (AvgIpc) is 2.47. The Bertz CT molecular complexity index is 638. The summed E-state index contributed by atoms with van der Waals surface area (Å²) in [5.41, 5.74) is -0.271. The van der Waals surface area contributed by atoms with Crippen molar-refractivity contribution in [3.8, 4) is 0 Å². The van der Waals surface area contributed by atoms with E-state index in [0.717, 1.165) is 0 Å². The van der Waals surface area contributed by atoms with E-state index in [2.05, 4.69) is 0 Å². The fourth-order valence-corrected chi connectivity index (χ4v) is 2.80. The third-order valence-electron chi connectivity index (χ3n) is 3.94. The Morgan fingerprint density at radius 2 is 1.71 bits per heavy atom. The van der Waals surface area contributed by atoms with Gasteiger partial charge in [0.15, 0.2) is 17.3 Å². The maximum Gasteiger partial charge on any atom is 0.181 e. The van der Waals surface area contributed by atoms with Crippen molar-refractivity contribution >= 4 is 17.3 Å². The fourth-order valence-electron chi connectivity index (χ4n) is 2.80. The molecule has 0 saturated carbocycles. The minimum Gasteiger partial charge on any atom is -0.500 e. The lowest BCUT2D eigenvalue weighted by molar-refractivity contribution is -0.136. The molecule has 1 aliphatic carbocycles. The van der Waals surface area contributed by atoms with Gasteiger partial charge in [0.1, 0.15) is 11.7 Å². The number of carbonyl (C=O) groups is 3. The van der Waals surface area contributed by atoms with Crippen LogP contribution in [0.4, 0.5) is 0 Å². The normalized spacial score (nSPS) is 21.4. The second-order valence-electron chi connectivity index (χ2n) is 5.68. The highest BCUT2D eigenvalue weighted by Crippen LogP contribution is 2.39. The van der Waals surface area contributed by atoms with Gasteiger partial charge in [-0.05, 0) is 20.8 Å². The van der Waals surface area contributed by atoms with Crippen LogP contribution in [0.25, 0.3) is 0 Å². The number of methoxy groups -OCH3 is 1. The Labute approximate surface area is 123 Å². The van der Waals surface area contributed by atoms with E-state index in [9.17, 15) is 14.4 Å². The van der Waals surface area contributed by atoms with Gasteiger partial charge in [-0.3, -0.25) is 14.4 Å². The van der Waals surface area contributed by atoms with E-state index < -0.39 is 28.7 Å². The topological polar surface area (TPSA) is 60.4 Å². The van der Waals surface area contributed by atoms with E-state index in [1.54, 1.807) is 51.1 Å². The third-order valence-corrected chi connectivity index (χ3v) is 3.94. The monoisotopic (exact) mass is 286 g/mol. The Hall–Kier alpha value is -2.23. The van der Waals surface area contributed by atoms with E-state index in [-0.39, 0.29) is 0 Å². The Morgan fingerprint density at radius 3 is 2.24 bits per heavy atom. The van der Waals surface area contributed by atoms with Gasteiger partial charge in [-0.2, -0.15) is 0 Å². The number of hydrogen-bond donors (Lipinski definition) is 0. The van der Waals surface area contributed by atoms with E-state index >= 15 is 0 Å². The van der Waals surface area contributed by atoms with Crippen molar-refractivity contribution in [3.05, 3.63) is 47.2 Å². The van der Waals surface area contributed by atoms with Crippen molar-refractivity contribution in [2.75, 3.05) is 7.11 Å². The van der Waals surface area contributed by atoms with Crippen molar-refractivity contribution in [2.45, 2.75) is 20.8 Å². The van der Waals surface area contributed by atoms with Crippen LogP contribution in [0.15, 0.2) is 41.7 Å². The second kappa shape index (κ2) is 5.28. The molecule has 2 rings (SSSR count). The highest BCUT2D eigenvalue weighted by molar-refractivity contribution is 6.30. The van der Waals surface area contributed by atoms with Crippen LogP contribution < -0.4 is 0 Å². The largest absolute Gasteiger partial charge is 0.500 e. The molecule has 4 nitrogen and oxygen atoms in total. The number of allylic oxidation sites excluding steroid dienone is 2. The molecule has 21 heavy (non-hydrogen) atoms. The molecule has 0 heterocycles. The lowest BCUT2D eigenvalue weighted by Crippen LogP contribution is -2.46. The number of Topliss-reactive ketones (excluding diaryl/α,β-unsaturated/α-hetero) is 3. The Balaban J connectivity index is 2.52. The smallest absolute Gasteiger partial charge is 0.181 e. The summed E-state index contributed by atoms with van der Waals surface area (Å²) in [7, 11) is 1.43. The molecule has 4 heteroatoms. The van der Waals surface area contributed by atoms with E-state index in [4.69, 9.17) is 4.74 Å². The number of rotatable bonds is 3. The standard InChI is InChI=1S/C17H18O4/c1-10-13(18)12(14(19)11-8-6-5-7-9-11)15(20)17(2,3)16(10)21-4/h5-9,12H,1-4H3. The van der Waals surface area contributed by atoms with Gasteiger partial charge in [0.25, 0.3) is 0 Å². The van der Waals surface area contributed by atoms with Crippen LogP contribution in [-0.2, 0) is 14.3 Å². The molecular weight excluding hydrogens is 268 g/mol. The van der Waals surface area contributed by atoms with Gasteiger partial charge in [0.2, 0.25) is 0 Å². The van der Waals surface area contributed by atoms with E-state index in [1.165, 1.54) is 7.11 Å². The van der Waals surface area contributed by atoms with Crippen molar-refractivity contribution < 1.29 is 19.1 Å². The minimum absolute atomic E-state index is 0.342. The molecule has 1 aromatic carbocycles. The zero-order chi connectivity index (χ0) is 15.8. The SMILES string of the molecule is COC1=C(C)C(=O)C(C(=O)c2ccccc2)C(=O)C1(C)C. The van der Waals surface area contributed by atoms with Gasteiger partial charge in [0.05, 0.1) is 12.5 Å². The summed E-state index contributed by atoms with van der Waals surface area (Å²) >= 11 is 0. The summed E-state index contributed by atoms with van der Waals surface area (Å²) in [6.07, 6.45) is 0. The first-order valence-electron chi connectivity index (χ1n) is 6.75. The summed E-state index contributed by atoms with van der Waals surface area (Å²) in [6.45, 7) is 4.95. The van der Waals surface area contributed by atoms with Crippen LogP contribution in [0.1, 0.15) is 31.1 Å². The summed E-state index contributed by atoms with van der Waals surface area (Å²) in [4.78, 5) is 37.6. The van der Waals surface area contributed by atoms with Crippen LogP contribution in [0.2, 0.25) is 0 Å². The molecule has 110 valence electrons. The van der Waals surface area contributed by atoms with E-state index in [1.807, 2.05) is 0 Å². The van der Waals surface area contributed by atoms with E-state index in [0.29, 0.717) is 16.9 Å². The molecule has 1 aliphatic rings. The summed E-state index contributed by atoms with van der Waals surface area (Å²) < 4.78 is 5.22. The first kappa shape index (κ1) is 15.2. The summed E-state index contributed by atoms with van der Waals surface area (Å²) in [5, 5.41) is 0. The summed E-state index contributed by atoms with van der Waals surface area (Å²) in [6, 6.07) is 8.42. The first-order chi connectivity index (χ1) is 9.82. The number of ketones is 3. The predicted octanol–water partition coefficient (Wildman–Crippen LogP) is 2.58. The fraction of sp³-hybridized carbons (Fsp3) is 0.353. The number of ether oxygens (including phenoxy) is 1. The summed E-state index contributed by atoms with van der Waals surface area (Å²) in [5.74, 6) is -2.27. The molecule has 0 radical (unpaired) electrons. The van der Waals surface area contributed by atoms with Crippen molar-refractivity contribution in [1.29, 1.82) is 0 Å². The molecule has 1 aromatic rings. The molecule has 0 amide bonds. The van der Waals surface area contributed by atoms with Crippen LogP contribution in [0, 0.1) is 11.3 Å². The third kappa shape index (κ3) is 2.31. The zero-order valence-electron chi connectivity index (χ0n) is 12.6. The molecule has 0 bridgehead atoms. The van der Waals surface area contributed by atoms with Gasteiger partial charge in [-0.1, -0.05) is 30.3 Å². The predicted molar refractivity (Wildman–Crippen MR) is 77.8 cm³/mol. The maximum absolute atomic E-state index is 12.6. The maximum atomic E-state index is 12.6. The van der Waals surface area contributed by atoms with Crippen LogP contribution in [0.5, 0.6) is 0 Å². The molecule has 0 spiro atoms. The Morgan fingerprint density at radius 1 is 1.14 bits per heavy atom. The van der Waals surface area contributed by atoms with Crippen molar-refractivity contribution in [3.63, 3.8) is 0 Å². The van der Waals surface area contributed by atoms with Gasteiger partial charge < -0.3 is 4.74 Å². The number of hydrogen-bond acceptors (Lipinski definition) is 4. The number of carbonyl (C=O) groups excluding carboxylic acids is 3. The second-order valence-corrected chi connectivity index (χ2v) is 5.68. The minimum atomic E-state index is -1.28. The zero-order valence-corrected chi connectivity index (χ0v) is 12.6. The van der Waals surface area contributed by atoms with Crippen molar-refractivity contribution in [1.82, 2.24) is 0 Å². The van der Waals surface area contributed by atoms with Crippen molar-refractivity contribution in [2.24, 2.45) is 11.3 Å². The molecule has 0 fully saturated rings. The van der Waals surface area contributed by atoms with Gasteiger partial charge in [0, 0.05) is 11.1 Å². The van der Waals surface area contributed by atoms with Crippen LogP contribution in [0.3, 0.4) is 0 Å². The quantitative estimate of drug-likeness (QED) is 0.633. The Kier molecular flexibility index (Phi) is 3.81. The lowest BCUT2D eigenvalue weighted by Gasteiger charge is -2.34. The van der Waals surface area contributed by atoms with Gasteiger partial charge in [-0.25, -0.2) is 0 Å². The lowest BCUT2D eigenvalue weighted by atomic mass is 9.68. The average molecular weight is 286 g/mol. The van der Waals surface area contributed by atoms with Crippen LogP contribution in [-0.4, -0.2) is 24.5 Å². The molecule has 0 aliphatic heterocycles.